The molecule has 0 saturated heterocycles. The monoisotopic (exact) mass is 373 g/mol. The van der Waals surface area contributed by atoms with Crippen molar-refractivity contribution < 1.29 is 40.2 Å². The molecule has 0 aliphatic heterocycles. The highest BCUT2D eigenvalue weighted by Gasteiger charge is 2.19. The molecular weight excluding hydrogens is 350 g/mol. The van der Waals surface area contributed by atoms with Crippen LogP contribution in [0, 0.1) is 0 Å². The number of carbonyl (C=O) groups is 2. The van der Waals surface area contributed by atoms with E-state index in [1.807, 2.05) is 0 Å². The third kappa shape index (κ3) is 7.39. The minimum atomic E-state index is -1.43. The number of hydrogen-bond acceptors (Lipinski definition) is 9. The van der Waals surface area contributed by atoms with Crippen LogP contribution in [0.3, 0.4) is 0 Å². The van der Waals surface area contributed by atoms with Crippen molar-refractivity contribution in [3.8, 4) is 0 Å². The Bertz CT molecular complexity index is 553. The van der Waals surface area contributed by atoms with Crippen molar-refractivity contribution in [1.29, 1.82) is 0 Å². The molecule has 1 rings (SSSR count). The first-order valence-electron chi connectivity index (χ1n) is 7.79. The molecule has 1 heterocycles. The Hall–Kier alpha value is -2.15. The zero-order chi connectivity index (χ0) is 19.7. The van der Waals surface area contributed by atoms with E-state index in [-0.39, 0.29) is 24.2 Å². The predicted octanol–water partition coefficient (Wildman–Crippen LogP) is -3.34. The fourth-order valence-corrected chi connectivity index (χ4v) is 1.92. The van der Waals surface area contributed by atoms with Crippen molar-refractivity contribution in [1.82, 2.24) is 15.6 Å². The zero-order valence-electron chi connectivity index (χ0n) is 13.8. The number of aliphatic hydroxyl groups excluding tert-OH is 6. The van der Waals surface area contributed by atoms with Crippen LogP contribution in [0.4, 0.5) is 0 Å². The summed E-state index contributed by atoms with van der Waals surface area (Å²) in [6.07, 6.45) is -5.84. The van der Waals surface area contributed by atoms with E-state index < -0.39 is 49.7 Å². The summed E-state index contributed by atoms with van der Waals surface area (Å²) in [5, 5.41) is 59.3. The van der Waals surface area contributed by atoms with Crippen molar-refractivity contribution in [2.24, 2.45) is 0 Å². The number of nitrogens with zero attached hydrogens (tertiary/aromatic N) is 1. The molecule has 146 valence electrons. The molecule has 4 unspecified atom stereocenters. The second-order valence-corrected chi connectivity index (χ2v) is 5.53. The van der Waals surface area contributed by atoms with Gasteiger partial charge in [0.2, 0.25) is 0 Å². The van der Waals surface area contributed by atoms with E-state index in [0.717, 1.165) is 0 Å². The Morgan fingerprint density at radius 3 is 1.58 bits per heavy atom. The number of aromatic nitrogens is 1. The summed E-state index contributed by atoms with van der Waals surface area (Å²) in [5.41, 5.74) is -0.389. The van der Waals surface area contributed by atoms with Gasteiger partial charge in [0, 0.05) is 12.8 Å². The molecule has 0 fully saturated rings. The molecule has 11 heteroatoms. The molecule has 1 aromatic rings. The summed E-state index contributed by atoms with van der Waals surface area (Å²) in [6.45, 7) is -1.15. The number of amides is 2. The lowest BCUT2D eigenvalue weighted by atomic mass is 10.2. The SMILES string of the molecule is O=C(NC(O)CC(O)CO)c1cccc(C(=O)NC(O)CC(O)CO)n1. The molecule has 0 aliphatic rings. The largest absolute Gasteiger partial charge is 0.394 e. The molecule has 1 aromatic heterocycles. The van der Waals surface area contributed by atoms with E-state index >= 15 is 0 Å². The summed E-state index contributed by atoms with van der Waals surface area (Å²) in [4.78, 5) is 27.8. The molecule has 26 heavy (non-hydrogen) atoms. The van der Waals surface area contributed by atoms with Crippen molar-refractivity contribution in [3.63, 3.8) is 0 Å². The highest BCUT2D eigenvalue weighted by atomic mass is 16.3. The maximum Gasteiger partial charge on any atom is 0.271 e. The van der Waals surface area contributed by atoms with E-state index in [0.29, 0.717) is 0 Å². The van der Waals surface area contributed by atoms with E-state index in [1.165, 1.54) is 18.2 Å². The molecular formula is C15H23N3O8. The van der Waals surface area contributed by atoms with E-state index in [2.05, 4.69) is 15.6 Å². The fourth-order valence-electron chi connectivity index (χ4n) is 1.92. The van der Waals surface area contributed by atoms with Crippen LogP contribution in [0.1, 0.15) is 33.8 Å². The van der Waals surface area contributed by atoms with Gasteiger partial charge in [0.05, 0.1) is 25.4 Å². The van der Waals surface area contributed by atoms with Crippen LogP contribution in [0.25, 0.3) is 0 Å². The number of aliphatic hydroxyl groups is 6. The number of pyridine rings is 1. The second kappa shape index (κ2) is 10.8. The molecule has 8 N–H and O–H groups in total. The second-order valence-electron chi connectivity index (χ2n) is 5.53. The van der Waals surface area contributed by atoms with E-state index in [1.54, 1.807) is 0 Å². The van der Waals surface area contributed by atoms with Gasteiger partial charge in [-0.1, -0.05) is 6.07 Å². The van der Waals surface area contributed by atoms with Crippen LogP contribution >= 0.6 is 0 Å². The van der Waals surface area contributed by atoms with Crippen molar-refractivity contribution in [2.45, 2.75) is 37.5 Å². The highest BCUT2D eigenvalue weighted by molar-refractivity contribution is 5.96. The summed E-state index contributed by atoms with van der Waals surface area (Å²) in [7, 11) is 0. The van der Waals surface area contributed by atoms with Crippen LogP contribution in [0.2, 0.25) is 0 Å². The van der Waals surface area contributed by atoms with Crippen molar-refractivity contribution >= 4 is 11.8 Å². The van der Waals surface area contributed by atoms with E-state index in [9.17, 15) is 30.0 Å². The summed E-state index contributed by atoms with van der Waals surface area (Å²) >= 11 is 0. The molecule has 0 spiro atoms. The maximum absolute atomic E-state index is 12.0. The maximum atomic E-state index is 12.0. The lowest BCUT2D eigenvalue weighted by molar-refractivity contribution is 0.0275. The average molecular weight is 373 g/mol. The Morgan fingerprint density at radius 1 is 0.846 bits per heavy atom. The number of rotatable bonds is 10. The smallest absolute Gasteiger partial charge is 0.271 e. The molecule has 0 saturated carbocycles. The Kier molecular flexibility index (Phi) is 9.05. The molecule has 0 bridgehead atoms. The normalized spacial score (nSPS) is 15.6. The van der Waals surface area contributed by atoms with Crippen molar-refractivity contribution in [2.75, 3.05) is 13.2 Å². The quantitative estimate of drug-likeness (QED) is 0.194. The zero-order valence-corrected chi connectivity index (χ0v) is 13.8. The Morgan fingerprint density at radius 2 is 1.23 bits per heavy atom. The predicted molar refractivity (Wildman–Crippen MR) is 86.6 cm³/mol. The minimum absolute atomic E-state index is 0.194. The van der Waals surface area contributed by atoms with Gasteiger partial charge in [0.25, 0.3) is 11.8 Å². The van der Waals surface area contributed by atoms with Gasteiger partial charge in [-0.2, -0.15) is 0 Å². The average Bonchev–Trinajstić information content (AvgIpc) is 2.61. The molecule has 0 aromatic carbocycles. The Labute approximate surface area is 148 Å². The molecule has 2 amide bonds. The third-order valence-corrected chi connectivity index (χ3v) is 3.22. The molecule has 4 atom stereocenters. The van der Waals surface area contributed by atoms with Crippen LogP contribution in [0.15, 0.2) is 18.2 Å². The van der Waals surface area contributed by atoms with Gasteiger partial charge in [-0.25, -0.2) is 4.98 Å². The van der Waals surface area contributed by atoms with Gasteiger partial charge < -0.3 is 41.3 Å². The van der Waals surface area contributed by atoms with Crippen LogP contribution in [-0.4, -0.2) is 85.3 Å². The minimum Gasteiger partial charge on any atom is -0.394 e. The van der Waals surface area contributed by atoms with Gasteiger partial charge in [0.15, 0.2) is 0 Å². The van der Waals surface area contributed by atoms with Gasteiger partial charge in [-0.15, -0.1) is 0 Å². The first kappa shape index (κ1) is 21.9. The van der Waals surface area contributed by atoms with Gasteiger partial charge in [0.1, 0.15) is 23.8 Å². The number of nitrogens with one attached hydrogen (secondary N) is 2. The van der Waals surface area contributed by atoms with Crippen LogP contribution in [-0.2, 0) is 0 Å². The fraction of sp³-hybridized carbons (Fsp3) is 0.533. The van der Waals surface area contributed by atoms with Crippen LogP contribution < -0.4 is 10.6 Å². The molecule has 11 nitrogen and oxygen atoms in total. The lowest BCUT2D eigenvalue weighted by Crippen LogP contribution is -2.39. The van der Waals surface area contributed by atoms with Gasteiger partial charge in [-0.3, -0.25) is 9.59 Å². The molecule has 0 aliphatic carbocycles. The van der Waals surface area contributed by atoms with Crippen LogP contribution in [0.5, 0.6) is 0 Å². The summed E-state index contributed by atoms with van der Waals surface area (Å²) in [5.74, 6) is -1.62. The number of carbonyl (C=O) groups excluding carboxylic acids is 2. The standard InChI is InChI=1S/C15H23N3O8/c19-6-8(21)4-12(23)17-14(25)10-2-1-3-11(16-10)15(26)18-13(24)5-9(22)7-20/h1-3,8-9,12-13,19-24H,4-7H2,(H,17,25)(H,18,26). The number of hydrogen-bond donors (Lipinski definition) is 8. The highest BCUT2D eigenvalue weighted by Crippen LogP contribution is 2.03. The summed E-state index contributed by atoms with van der Waals surface area (Å²) in [6, 6.07) is 3.93. The molecule has 0 radical (unpaired) electrons. The first-order chi connectivity index (χ1) is 12.3. The Balaban J connectivity index is 2.68. The van der Waals surface area contributed by atoms with Crippen molar-refractivity contribution in [3.05, 3.63) is 29.6 Å². The van der Waals surface area contributed by atoms with Gasteiger partial charge in [-0.05, 0) is 12.1 Å². The lowest BCUT2D eigenvalue weighted by Gasteiger charge is -2.16. The third-order valence-electron chi connectivity index (χ3n) is 3.22. The topological polar surface area (TPSA) is 192 Å². The van der Waals surface area contributed by atoms with E-state index in [4.69, 9.17) is 10.2 Å². The van der Waals surface area contributed by atoms with Gasteiger partial charge >= 0.3 is 0 Å². The summed E-state index contributed by atoms with van der Waals surface area (Å²) < 4.78 is 0. The first-order valence-corrected chi connectivity index (χ1v) is 7.79.